The average molecular weight is 173 g/mol. The molecule has 1 rings (SSSR count). The Balaban J connectivity index is 2.03. The molecule has 0 radical (unpaired) electrons. The highest BCUT2D eigenvalue weighted by Crippen LogP contribution is 2.28. The van der Waals surface area contributed by atoms with Crippen molar-refractivity contribution in [3.63, 3.8) is 0 Å². The van der Waals surface area contributed by atoms with Crippen molar-refractivity contribution < 1.29 is 9.94 Å². The van der Waals surface area contributed by atoms with Gasteiger partial charge in [0, 0.05) is 6.54 Å². The molecule has 72 valence electrons. The van der Waals surface area contributed by atoms with Gasteiger partial charge in [0.15, 0.2) is 0 Å². The van der Waals surface area contributed by atoms with E-state index in [9.17, 15) is 5.11 Å². The summed E-state index contributed by atoms with van der Waals surface area (Å²) in [6, 6.07) is 0. The molecule has 1 saturated carbocycles. The van der Waals surface area contributed by atoms with E-state index < -0.39 is 0 Å². The van der Waals surface area contributed by atoms with E-state index >= 15 is 0 Å². The average Bonchev–Trinajstić information content (AvgIpc) is 2.53. The van der Waals surface area contributed by atoms with Gasteiger partial charge in [0.05, 0.1) is 13.2 Å². The minimum absolute atomic E-state index is 0.243. The zero-order valence-electron chi connectivity index (χ0n) is 7.75. The van der Waals surface area contributed by atoms with Crippen LogP contribution in [0.5, 0.6) is 0 Å². The van der Waals surface area contributed by atoms with Gasteiger partial charge in [-0.1, -0.05) is 25.7 Å². The lowest BCUT2D eigenvalue weighted by molar-refractivity contribution is 0.0420. The van der Waals surface area contributed by atoms with Crippen molar-refractivity contribution in [2.75, 3.05) is 13.7 Å². The largest absolute Gasteiger partial charge is 0.392 e. The Morgan fingerprint density at radius 2 is 2.17 bits per heavy atom. The number of aliphatic hydroxyl groups excluding tert-OH is 1. The molecule has 0 aromatic heterocycles. The Morgan fingerprint density at radius 3 is 2.75 bits per heavy atom. The Bertz CT molecular complexity index is 113. The third-order valence-electron chi connectivity index (χ3n) is 2.54. The molecule has 2 N–H and O–H groups in total. The fourth-order valence-corrected chi connectivity index (χ4v) is 1.89. The molecule has 0 aromatic carbocycles. The van der Waals surface area contributed by atoms with E-state index in [0.29, 0.717) is 6.54 Å². The Morgan fingerprint density at radius 1 is 1.50 bits per heavy atom. The van der Waals surface area contributed by atoms with E-state index in [1.165, 1.54) is 25.7 Å². The predicted molar refractivity (Wildman–Crippen MR) is 47.6 cm³/mol. The van der Waals surface area contributed by atoms with Gasteiger partial charge in [0.2, 0.25) is 0 Å². The quantitative estimate of drug-likeness (QED) is 0.611. The summed E-state index contributed by atoms with van der Waals surface area (Å²) in [4.78, 5) is 4.67. The van der Waals surface area contributed by atoms with Crippen LogP contribution in [-0.4, -0.2) is 24.9 Å². The van der Waals surface area contributed by atoms with Crippen LogP contribution < -0.4 is 5.48 Å². The standard InChI is InChI=1S/C9H19NO2/c1-12-10-7-9(11)6-8-4-2-3-5-8/h8-11H,2-7H2,1H3. The number of hydrogen-bond acceptors (Lipinski definition) is 3. The van der Waals surface area contributed by atoms with Crippen LogP contribution in [0, 0.1) is 5.92 Å². The highest BCUT2D eigenvalue weighted by molar-refractivity contribution is 4.71. The minimum Gasteiger partial charge on any atom is -0.392 e. The first-order valence-corrected chi connectivity index (χ1v) is 4.77. The molecular weight excluding hydrogens is 154 g/mol. The number of hydroxylamine groups is 1. The molecule has 1 aliphatic carbocycles. The number of hydrogen-bond donors (Lipinski definition) is 2. The van der Waals surface area contributed by atoms with Gasteiger partial charge < -0.3 is 9.94 Å². The van der Waals surface area contributed by atoms with Gasteiger partial charge in [-0.2, -0.15) is 0 Å². The third kappa shape index (κ3) is 3.52. The Kier molecular flexibility index (Phi) is 4.58. The summed E-state index contributed by atoms with van der Waals surface area (Å²) in [6.07, 6.45) is 5.96. The molecule has 1 aliphatic rings. The predicted octanol–water partition coefficient (Wildman–Crippen LogP) is 1.08. The molecule has 3 nitrogen and oxygen atoms in total. The van der Waals surface area contributed by atoms with Crippen molar-refractivity contribution in [3.8, 4) is 0 Å². The van der Waals surface area contributed by atoms with Crippen LogP contribution in [0.1, 0.15) is 32.1 Å². The van der Waals surface area contributed by atoms with Gasteiger partial charge in [0.25, 0.3) is 0 Å². The van der Waals surface area contributed by atoms with E-state index in [1.807, 2.05) is 0 Å². The maximum absolute atomic E-state index is 9.50. The van der Waals surface area contributed by atoms with Gasteiger partial charge in [0.1, 0.15) is 0 Å². The maximum atomic E-state index is 9.50. The fraction of sp³-hybridized carbons (Fsp3) is 1.00. The zero-order chi connectivity index (χ0) is 8.81. The van der Waals surface area contributed by atoms with Gasteiger partial charge in [-0.05, 0) is 12.3 Å². The summed E-state index contributed by atoms with van der Waals surface area (Å²) < 4.78 is 0. The lowest BCUT2D eigenvalue weighted by Crippen LogP contribution is -2.27. The van der Waals surface area contributed by atoms with Crippen LogP contribution >= 0.6 is 0 Å². The highest BCUT2D eigenvalue weighted by atomic mass is 16.6. The van der Waals surface area contributed by atoms with Crippen molar-refractivity contribution >= 4 is 0 Å². The van der Waals surface area contributed by atoms with Crippen LogP contribution in [0.15, 0.2) is 0 Å². The summed E-state index contributed by atoms with van der Waals surface area (Å²) in [6.45, 7) is 0.549. The molecule has 0 spiro atoms. The first-order valence-electron chi connectivity index (χ1n) is 4.77. The second-order valence-corrected chi connectivity index (χ2v) is 3.59. The second-order valence-electron chi connectivity index (χ2n) is 3.59. The normalized spacial score (nSPS) is 21.5. The summed E-state index contributed by atoms with van der Waals surface area (Å²) in [5.41, 5.74) is 2.67. The zero-order valence-corrected chi connectivity index (χ0v) is 7.75. The van der Waals surface area contributed by atoms with Gasteiger partial charge in [-0.25, -0.2) is 5.48 Å². The highest BCUT2D eigenvalue weighted by Gasteiger charge is 2.18. The second kappa shape index (κ2) is 5.51. The van der Waals surface area contributed by atoms with Crippen molar-refractivity contribution in [3.05, 3.63) is 0 Å². The number of rotatable bonds is 5. The van der Waals surface area contributed by atoms with Gasteiger partial charge in [-0.3, -0.25) is 0 Å². The van der Waals surface area contributed by atoms with Crippen molar-refractivity contribution in [2.45, 2.75) is 38.2 Å². The molecule has 0 heterocycles. The van der Waals surface area contributed by atoms with E-state index in [2.05, 4.69) is 10.3 Å². The lowest BCUT2D eigenvalue weighted by Gasteiger charge is -2.14. The van der Waals surface area contributed by atoms with E-state index in [-0.39, 0.29) is 6.10 Å². The van der Waals surface area contributed by atoms with E-state index in [1.54, 1.807) is 7.11 Å². The number of nitrogens with one attached hydrogen (secondary N) is 1. The summed E-state index contributed by atoms with van der Waals surface area (Å²) >= 11 is 0. The molecule has 0 aromatic rings. The molecule has 3 heteroatoms. The summed E-state index contributed by atoms with van der Waals surface area (Å²) in [5.74, 6) is 0.749. The Hall–Kier alpha value is -0.120. The molecule has 0 saturated heterocycles. The van der Waals surface area contributed by atoms with Crippen LogP contribution in [0.4, 0.5) is 0 Å². The molecular formula is C9H19NO2. The van der Waals surface area contributed by atoms with Crippen molar-refractivity contribution in [1.82, 2.24) is 5.48 Å². The molecule has 12 heavy (non-hydrogen) atoms. The van der Waals surface area contributed by atoms with Crippen LogP contribution in [0.3, 0.4) is 0 Å². The first-order chi connectivity index (χ1) is 5.83. The fourth-order valence-electron chi connectivity index (χ4n) is 1.89. The minimum atomic E-state index is -0.243. The van der Waals surface area contributed by atoms with Crippen molar-refractivity contribution in [2.24, 2.45) is 5.92 Å². The monoisotopic (exact) mass is 173 g/mol. The smallest absolute Gasteiger partial charge is 0.0690 e. The first kappa shape index (κ1) is 9.96. The molecule has 1 fully saturated rings. The van der Waals surface area contributed by atoms with Crippen LogP contribution in [0.25, 0.3) is 0 Å². The molecule has 0 bridgehead atoms. The summed E-state index contributed by atoms with van der Waals surface area (Å²) in [5, 5.41) is 9.50. The lowest BCUT2D eigenvalue weighted by atomic mass is 10.0. The topological polar surface area (TPSA) is 41.5 Å². The van der Waals surface area contributed by atoms with Crippen molar-refractivity contribution in [1.29, 1.82) is 0 Å². The summed E-state index contributed by atoms with van der Waals surface area (Å²) in [7, 11) is 1.57. The molecule has 0 aliphatic heterocycles. The van der Waals surface area contributed by atoms with Crippen LogP contribution in [0.2, 0.25) is 0 Å². The molecule has 0 amide bonds. The number of aliphatic hydroxyl groups is 1. The molecule has 1 unspecified atom stereocenters. The van der Waals surface area contributed by atoms with E-state index in [0.717, 1.165) is 12.3 Å². The third-order valence-corrected chi connectivity index (χ3v) is 2.54. The molecule has 1 atom stereocenters. The van der Waals surface area contributed by atoms with E-state index in [4.69, 9.17) is 0 Å². The maximum Gasteiger partial charge on any atom is 0.0690 e. The Labute approximate surface area is 74.1 Å². The van der Waals surface area contributed by atoms with Gasteiger partial charge in [-0.15, -0.1) is 0 Å². The SMILES string of the molecule is CONCC(O)CC1CCCC1. The van der Waals surface area contributed by atoms with Crippen LogP contribution in [-0.2, 0) is 4.84 Å². The van der Waals surface area contributed by atoms with Gasteiger partial charge >= 0.3 is 0 Å².